The number of nitrogens with one attached hydrogen (secondary N) is 1. The number of guanidine groups is 1. The number of hydrogen-bond acceptors (Lipinski definition) is 4. The van der Waals surface area contributed by atoms with Crippen molar-refractivity contribution in [2.45, 2.75) is 20.4 Å². The lowest BCUT2D eigenvalue weighted by Gasteiger charge is -2.21. The van der Waals surface area contributed by atoms with Crippen LogP contribution in [-0.4, -0.2) is 50.7 Å². The first-order valence-corrected chi connectivity index (χ1v) is 8.34. The third kappa shape index (κ3) is 4.40. The van der Waals surface area contributed by atoms with Crippen LogP contribution in [0.5, 0.6) is 5.75 Å². The highest BCUT2D eigenvalue weighted by atomic mass is 16.5. The fraction of sp³-hybridized carbons (Fsp3) is 0.556. The molecular weight excluding hydrogens is 306 g/mol. The number of rotatable bonds is 5. The summed E-state index contributed by atoms with van der Waals surface area (Å²) in [6, 6.07) is 8.00. The summed E-state index contributed by atoms with van der Waals surface area (Å²) in [7, 11) is 3.20. The van der Waals surface area contributed by atoms with Gasteiger partial charge in [0.25, 0.3) is 0 Å². The monoisotopic (exact) mass is 333 g/mol. The van der Waals surface area contributed by atoms with Crippen molar-refractivity contribution in [2.75, 3.05) is 33.9 Å². The van der Waals surface area contributed by atoms with Crippen LogP contribution in [-0.2, 0) is 16.1 Å². The second-order valence-corrected chi connectivity index (χ2v) is 5.99. The zero-order chi connectivity index (χ0) is 17.5. The van der Waals surface area contributed by atoms with Crippen LogP contribution in [0, 0.1) is 11.8 Å². The van der Waals surface area contributed by atoms with Gasteiger partial charge in [-0.3, -0.25) is 9.79 Å². The topological polar surface area (TPSA) is 63.2 Å². The molecule has 0 spiro atoms. The molecule has 2 atom stereocenters. The van der Waals surface area contributed by atoms with Crippen molar-refractivity contribution in [3.63, 3.8) is 0 Å². The van der Waals surface area contributed by atoms with Crippen molar-refractivity contribution in [3.8, 4) is 5.75 Å². The lowest BCUT2D eigenvalue weighted by Crippen LogP contribution is -2.40. The summed E-state index contributed by atoms with van der Waals surface area (Å²) in [5, 5.41) is 3.36. The molecule has 1 aliphatic heterocycles. The van der Waals surface area contributed by atoms with Crippen LogP contribution in [0.15, 0.2) is 29.3 Å². The Morgan fingerprint density at radius 2 is 2.21 bits per heavy atom. The van der Waals surface area contributed by atoms with Gasteiger partial charge in [-0.25, -0.2) is 0 Å². The lowest BCUT2D eigenvalue weighted by atomic mass is 9.99. The molecule has 1 aliphatic rings. The number of methoxy groups -OCH3 is 1. The second-order valence-electron chi connectivity index (χ2n) is 5.99. The zero-order valence-corrected chi connectivity index (χ0v) is 14.9. The summed E-state index contributed by atoms with van der Waals surface area (Å²) in [5.41, 5.74) is 1.12. The molecule has 1 fully saturated rings. The van der Waals surface area contributed by atoms with Crippen LogP contribution in [0.3, 0.4) is 0 Å². The Morgan fingerprint density at radius 1 is 1.42 bits per heavy atom. The maximum Gasteiger partial charge on any atom is 0.310 e. The van der Waals surface area contributed by atoms with Gasteiger partial charge in [-0.2, -0.15) is 0 Å². The molecule has 1 aromatic carbocycles. The van der Waals surface area contributed by atoms with Gasteiger partial charge in [0.1, 0.15) is 5.75 Å². The number of nitrogens with zero attached hydrogens (tertiary/aromatic N) is 2. The van der Waals surface area contributed by atoms with Crippen LogP contribution in [0.4, 0.5) is 0 Å². The molecule has 6 nitrogen and oxygen atoms in total. The van der Waals surface area contributed by atoms with E-state index in [2.05, 4.69) is 22.1 Å². The van der Waals surface area contributed by atoms with Gasteiger partial charge in [-0.15, -0.1) is 0 Å². The minimum Gasteiger partial charge on any atom is -0.494 e. The molecule has 1 heterocycles. The molecule has 0 aliphatic carbocycles. The van der Waals surface area contributed by atoms with Crippen LogP contribution >= 0.6 is 0 Å². The Kier molecular flexibility index (Phi) is 6.46. The van der Waals surface area contributed by atoms with Crippen molar-refractivity contribution >= 4 is 11.9 Å². The number of aliphatic imine (C=N–C) groups is 1. The molecular formula is C18H27N3O3. The summed E-state index contributed by atoms with van der Waals surface area (Å²) in [4.78, 5) is 18.3. The Bertz CT molecular complexity index is 589. The number of esters is 1. The average Bonchev–Trinajstić information content (AvgIpc) is 2.97. The molecule has 132 valence electrons. The smallest absolute Gasteiger partial charge is 0.310 e. The van der Waals surface area contributed by atoms with Gasteiger partial charge in [-0.1, -0.05) is 19.1 Å². The molecule has 0 aromatic heterocycles. The highest BCUT2D eigenvalue weighted by molar-refractivity contribution is 5.82. The maximum absolute atomic E-state index is 11.8. The fourth-order valence-electron chi connectivity index (χ4n) is 3.02. The van der Waals surface area contributed by atoms with Crippen LogP contribution in [0.1, 0.15) is 19.4 Å². The summed E-state index contributed by atoms with van der Waals surface area (Å²) in [6.07, 6.45) is 0. The molecule has 1 aromatic rings. The van der Waals surface area contributed by atoms with Gasteiger partial charge in [0.2, 0.25) is 0 Å². The number of carbonyl (C=O) groups is 1. The van der Waals surface area contributed by atoms with E-state index in [0.29, 0.717) is 19.7 Å². The minimum atomic E-state index is -0.148. The summed E-state index contributed by atoms with van der Waals surface area (Å²) >= 11 is 0. The van der Waals surface area contributed by atoms with Gasteiger partial charge in [0.15, 0.2) is 5.96 Å². The van der Waals surface area contributed by atoms with E-state index in [0.717, 1.165) is 23.8 Å². The highest BCUT2D eigenvalue weighted by Crippen LogP contribution is 2.24. The fourth-order valence-corrected chi connectivity index (χ4v) is 3.02. The van der Waals surface area contributed by atoms with Gasteiger partial charge < -0.3 is 19.7 Å². The normalized spacial score (nSPS) is 20.8. The van der Waals surface area contributed by atoms with E-state index in [1.807, 2.05) is 31.2 Å². The van der Waals surface area contributed by atoms with E-state index in [-0.39, 0.29) is 17.8 Å². The Hall–Kier alpha value is -2.24. The van der Waals surface area contributed by atoms with Gasteiger partial charge in [0.05, 0.1) is 19.6 Å². The van der Waals surface area contributed by atoms with E-state index in [1.165, 1.54) is 7.11 Å². The summed E-state index contributed by atoms with van der Waals surface area (Å²) in [6.45, 7) is 6.77. The highest BCUT2D eigenvalue weighted by Gasteiger charge is 2.36. The second kappa shape index (κ2) is 8.57. The van der Waals surface area contributed by atoms with Crippen molar-refractivity contribution in [1.82, 2.24) is 10.2 Å². The molecule has 1 saturated heterocycles. The van der Waals surface area contributed by atoms with E-state index < -0.39 is 0 Å². The molecule has 24 heavy (non-hydrogen) atoms. The van der Waals surface area contributed by atoms with E-state index in [1.54, 1.807) is 7.05 Å². The largest absolute Gasteiger partial charge is 0.494 e. The van der Waals surface area contributed by atoms with E-state index in [9.17, 15) is 4.79 Å². The minimum absolute atomic E-state index is 0.102. The quantitative estimate of drug-likeness (QED) is 0.507. The molecule has 1 N–H and O–H groups in total. The number of likely N-dealkylation sites (tertiary alicyclic amines) is 1. The molecule has 2 unspecified atom stereocenters. The van der Waals surface area contributed by atoms with Crippen molar-refractivity contribution in [1.29, 1.82) is 0 Å². The molecule has 0 saturated carbocycles. The van der Waals surface area contributed by atoms with Crippen LogP contribution in [0.25, 0.3) is 0 Å². The van der Waals surface area contributed by atoms with Crippen molar-refractivity contribution in [2.24, 2.45) is 16.8 Å². The summed E-state index contributed by atoms with van der Waals surface area (Å²) in [5.74, 6) is 1.67. The zero-order valence-electron chi connectivity index (χ0n) is 14.9. The first-order valence-electron chi connectivity index (χ1n) is 8.34. The van der Waals surface area contributed by atoms with Gasteiger partial charge in [0, 0.05) is 26.7 Å². The molecule has 0 radical (unpaired) electrons. The van der Waals surface area contributed by atoms with Crippen LogP contribution in [0.2, 0.25) is 0 Å². The third-order valence-corrected chi connectivity index (χ3v) is 4.29. The SMILES string of the molecule is CCOc1cccc(CNC(=NC)N2CC(C)C(C(=O)OC)C2)c1. The molecule has 0 amide bonds. The number of carbonyl (C=O) groups excluding carboxylic acids is 1. The van der Waals surface area contributed by atoms with Crippen LogP contribution < -0.4 is 10.1 Å². The first-order chi connectivity index (χ1) is 11.6. The lowest BCUT2D eigenvalue weighted by molar-refractivity contribution is -0.145. The number of ether oxygens (including phenoxy) is 2. The molecule has 0 bridgehead atoms. The summed E-state index contributed by atoms with van der Waals surface area (Å²) < 4.78 is 10.4. The average molecular weight is 333 g/mol. The Labute approximate surface area is 143 Å². The van der Waals surface area contributed by atoms with Crippen molar-refractivity contribution < 1.29 is 14.3 Å². The predicted molar refractivity (Wildman–Crippen MR) is 94.1 cm³/mol. The number of benzene rings is 1. The van der Waals surface area contributed by atoms with Crippen molar-refractivity contribution in [3.05, 3.63) is 29.8 Å². The molecule has 6 heteroatoms. The van der Waals surface area contributed by atoms with Gasteiger partial charge in [-0.05, 0) is 30.5 Å². The Morgan fingerprint density at radius 3 is 2.88 bits per heavy atom. The maximum atomic E-state index is 11.8. The standard InChI is InChI=1S/C18H27N3O3/c1-5-24-15-8-6-7-14(9-15)10-20-18(19-3)21-11-13(2)16(12-21)17(22)23-4/h6-9,13,16H,5,10-12H2,1-4H3,(H,19,20). The molecule has 2 rings (SSSR count). The van der Waals surface area contributed by atoms with E-state index >= 15 is 0 Å². The van der Waals surface area contributed by atoms with Gasteiger partial charge >= 0.3 is 5.97 Å². The number of hydrogen-bond donors (Lipinski definition) is 1. The first kappa shape index (κ1) is 18.1. The predicted octanol–water partition coefficient (Wildman–Crippen LogP) is 1.90. The third-order valence-electron chi connectivity index (χ3n) is 4.29. The Balaban J connectivity index is 1.96. The van der Waals surface area contributed by atoms with E-state index in [4.69, 9.17) is 9.47 Å².